The fraction of sp³-hybridized carbons (Fsp3) is 0.500. The van der Waals surface area contributed by atoms with E-state index in [-0.39, 0.29) is 11.7 Å². The lowest BCUT2D eigenvalue weighted by atomic mass is 9.78. The Morgan fingerprint density at radius 2 is 2.44 bits per heavy atom. The Balaban J connectivity index is 2.24. The van der Waals surface area contributed by atoms with Crippen LogP contribution in [0.3, 0.4) is 0 Å². The maximum atomic E-state index is 13.2. The number of piperidine rings is 1. The van der Waals surface area contributed by atoms with E-state index in [9.17, 15) is 9.65 Å². The van der Waals surface area contributed by atoms with Gasteiger partial charge in [0.2, 0.25) is 0 Å². The van der Waals surface area contributed by atoms with Crippen molar-refractivity contribution in [1.29, 1.82) is 5.26 Å². The van der Waals surface area contributed by atoms with Crippen LogP contribution in [0.4, 0.5) is 10.1 Å². The van der Waals surface area contributed by atoms with Gasteiger partial charge >= 0.3 is 0 Å². The summed E-state index contributed by atoms with van der Waals surface area (Å²) in [6.07, 6.45) is 1.65. The molecule has 1 fully saturated rings. The smallest absolute Gasteiger partial charge is 0.130 e. The lowest BCUT2D eigenvalue weighted by Crippen LogP contribution is -2.54. The Kier molecular flexibility index (Phi) is 3.83. The SMILES string of the molecule is CCC1CNCCC1(C#N)Nc1cccc(F)c1. The Labute approximate surface area is 107 Å². The van der Waals surface area contributed by atoms with E-state index in [2.05, 4.69) is 23.6 Å². The van der Waals surface area contributed by atoms with Gasteiger partial charge in [-0.15, -0.1) is 0 Å². The third-order valence-electron chi connectivity index (χ3n) is 3.67. The number of hydrogen-bond donors (Lipinski definition) is 2. The van der Waals surface area contributed by atoms with Crippen LogP contribution in [-0.4, -0.2) is 18.6 Å². The quantitative estimate of drug-likeness (QED) is 0.862. The number of rotatable bonds is 3. The minimum Gasteiger partial charge on any atom is -0.367 e. The summed E-state index contributed by atoms with van der Waals surface area (Å²) >= 11 is 0. The number of benzene rings is 1. The van der Waals surface area contributed by atoms with E-state index >= 15 is 0 Å². The van der Waals surface area contributed by atoms with Gasteiger partial charge in [-0.25, -0.2) is 4.39 Å². The van der Waals surface area contributed by atoms with E-state index in [4.69, 9.17) is 0 Å². The summed E-state index contributed by atoms with van der Waals surface area (Å²) in [4.78, 5) is 0. The molecule has 0 aromatic heterocycles. The monoisotopic (exact) mass is 247 g/mol. The molecule has 2 rings (SSSR count). The molecule has 3 nitrogen and oxygen atoms in total. The number of hydrogen-bond acceptors (Lipinski definition) is 3. The fourth-order valence-electron chi connectivity index (χ4n) is 2.60. The van der Waals surface area contributed by atoms with Gasteiger partial charge in [-0.3, -0.25) is 0 Å². The molecule has 0 radical (unpaired) electrons. The summed E-state index contributed by atoms with van der Waals surface area (Å²) in [5, 5.41) is 16.1. The second kappa shape index (κ2) is 5.36. The molecule has 2 unspecified atom stereocenters. The second-order valence-corrected chi connectivity index (χ2v) is 4.78. The first-order valence-electron chi connectivity index (χ1n) is 6.36. The Hall–Kier alpha value is -1.60. The van der Waals surface area contributed by atoms with E-state index in [1.165, 1.54) is 12.1 Å². The standard InChI is InChI=1S/C14H18FN3/c1-2-11-9-17-7-6-14(11,10-16)18-13-5-3-4-12(15)8-13/h3-5,8,11,17-18H,2,6-7,9H2,1H3. The number of halogens is 1. The number of nitrogens with zero attached hydrogens (tertiary/aromatic N) is 1. The van der Waals surface area contributed by atoms with E-state index < -0.39 is 5.54 Å². The van der Waals surface area contributed by atoms with Crippen LogP contribution < -0.4 is 10.6 Å². The highest BCUT2D eigenvalue weighted by Crippen LogP contribution is 2.30. The van der Waals surface area contributed by atoms with E-state index in [0.29, 0.717) is 5.69 Å². The topological polar surface area (TPSA) is 47.9 Å². The minimum absolute atomic E-state index is 0.236. The molecule has 1 saturated heterocycles. The van der Waals surface area contributed by atoms with Crippen molar-refractivity contribution in [3.05, 3.63) is 30.1 Å². The van der Waals surface area contributed by atoms with Crippen LogP contribution in [0.25, 0.3) is 0 Å². The van der Waals surface area contributed by atoms with Gasteiger partial charge in [0.25, 0.3) is 0 Å². The average Bonchev–Trinajstić information content (AvgIpc) is 2.39. The molecule has 1 heterocycles. The normalized spacial score (nSPS) is 27.5. The predicted molar refractivity (Wildman–Crippen MR) is 69.6 cm³/mol. The first kappa shape index (κ1) is 12.8. The lowest BCUT2D eigenvalue weighted by molar-refractivity contribution is 0.276. The van der Waals surface area contributed by atoms with Crippen molar-refractivity contribution in [3.63, 3.8) is 0 Å². The van der Waals surface area contributed by atoms with Gasteiger partial charge in [0.1, 0.15) is 11.4 Å². The van der Waals surface area contributed by atoms with Gasteiger partial charge in [-0.1, -0.05) is 13.0 Å². The molecule has 96 valence electrons. The van der Waals surface area contributed by atoms with Crippen LogP contribution >= 0.6 is 0 Å². The number of anilines is 1. The summed E-state index contributed by atoms with van der Waals surface area (Å²) in [7, 11) is 0. The van der Waals surface area contributed by atoms with Gasteiger partial charge < -0.3 is 10.6 Å². The zero-order valence-corrected chi connectivity index (χ0v) is 10.5. The molecular formula is C14H18FN3. The van der Waals surface area contributed by atoms with Crippen molar-refractivity contribution >= 4 is 5.69 Å². The maximum Gasteiger partial charge on any atom is 0.130 e. The zero-order chi connectivity index (χ0) is 13.0. The predicted octanol–water partition coefficient (Wildman–Crippen LogP) is 2.52. The molecule has 1 aliphatic heterocycles. The highest BCUT2D eigenvalue weighted by Gasteiger charge is 2.40. The summed E-state index contributed by atoms with van der Waals surface area (Å²) < 4.78 is 13.2. The van der Waals surface area contributed by atoms with Crippen molar-refractivity contribution in [3.8, 4) is 6.07 Å². The molecule has 2 atom stereocenters. The molecule has 0 bridgehead atoms. The Morgan fingerprint density at radius 3 is 3.11 bits per heavy atom. The van der Waals surface area contributed by atoms with E-state index in [1.54, 1.807) is 12.1 Å². The molecule has 0 amide bonds. The molecule has 1 aromatic carbocycles. The van der Waals surface area contributed by atoms with Crippen molar-refractivity contribution in [2.24, 2.45) is 5.92 Å². The first-order chi connectivity index (χ1) is 8.70. The fourth-order valence-corrected chi connectivity index (χ4v) is 2.60. The van der Waals surface area contributed by atoms with Gasteiger partial charge in [-0.2, -0.15) is 5.26 Å². The van der Waals surface area contributed by atoms with Gasteiger partial charge in [0.05, 0.1) is 6.07 Å². The molecule has 0 aliphatic carbocycles. The minimum atomic E-state index is -0.589. The third kappa shape index (κ3) is 2.46. The van der Waals surface area contributed by atoms with E-state index in [0.717, 1.165) is 25.9 Å². The summed E-state index contributed by atoms with van der Waals surface area (Å²) in [6.45, 7) is 3.72. The molecular weight excluding hydrogens is 229 g/mol. The molecule has 1 aromatic rings. The maximum absolute atomic E-state index is 13.2. The van der Waals surface area contributed by atoms with Crippen molar-refractivity contribution in [2.75, 3.05) is 18.4 Å². The lowest BCUT2D eigenvalue weighted by Gasteiger charge is -2.40. The molecule has 18 heavy (non-hydrogen) atoms. The Bertz CT molecular complexity index is 455. The van der Waals surface area contributed by atoms with Crippen molar-refractivity contribution in [1.82, 2.24) is 5.32 Å². The average molecular weight is 247 g/mol. The first-order valence-corrected chi connectivity index (χ1v) is 6.36. The zero-order valence-electron chi connectivity index (χ0n) is 10.5. The van der Waals surface area contributed by atoms with Crippen molar-refractivity contribution in [2.45, 2.75) is 25.3 Å². The summed E-state index contributed by atoms with van der Waals surface area (Å²) in [5.74, 6) is -0.0467. The highest BCUT2D eigenvalue weighted by atomic mass is 19.1. The van der Waals surface area contributed by atoms with Crippen LogP contribution in [0.5, 0.6) is 0 Å². The van der Waals surface area contributed by atoms with Crippen LogP contribution in [0.2, 0.25) is 0 Å². The van der Waals surface area contributed by atoms with E-state index in [1.807, 2.05) is 0 Å². The molecule has 2 N–H and O–H groups in total. The Morgan fingerprint density at radius 1 is 1.61 bits per heavy atom. The number of nitrogens with one attached hydrogen (secondary N) is 2. The molecule has 0 saturated carbocycles. The highest BCUT2D eigenvalue weighted by molar-refractivity contribution is 5.48. The summed E-state index contributed by atoms with van der Waals surface area (Å²) in [5.41, 5.74) is 0.0882. The van der Waals surface area contributed by atoms with Gasteiger partial charge in [-0.05, 0) is 37.6 Å². The van der Waals surface area contributed by atoms with Crippen LogP contribution in [0.1, 0.15) is 19.8 Å². The largest absolute Gasteiger partial charge is 0.367 e. The molecule has 0 spiro atoms. The number of nitriles is 1. The van der Waals surface area contributed by atoms with Crippen LogP contribution in [-0.2, 0) is 0 Å². The van der Waals surface area contributed by atoms with Gasteiger partial charge in [0, 0.05) is 18.2 Å². The molecule has 4 heteroatoms. The van der Waals surface area contributed by atoms with Crippen LogP contribution in [0.15, 0.2) is 24.3 Å². The molecule has 1 aliphatic rings. The van der Waals surface area contributed by atoms with Gasteiger partial charge in [0.15, 0.2) is 0 Å². The second-order valence-electron chi connectivity index (χ2n) is 4.78. The van der Waals surface area contributed by atoms with Crippen LogP contribution in [0, 0.1) is 23.1 Å². The third-order valence-corrected chi connectivity index (χ3v) is 3.67. The van der Waals surface area contributed by atoms with Crippen molar-refractivity contribution < 1.29 is 4.39 Å². The summed E-state index contributed by atoms with van der Waals surface area (Å²) in [6, 6.07) is 8.72.